The molecule has 0 saturated carbocycles. The van der Waals surface area contributed by atoms with E-state index in [1.54, 1.807) is 71.9 Å². The van der Waals surface area contributed by atoms with Gasteiger partial charge < -0.3 is 19.5 Å². The number of carbonyl (C=O) groups excluding carboxylic acids is 2. The maximum Gasteiger partial charge on any atom is 0.437 e. The Kier molecular flexibility index (Phi) is 12.6. The van der Waals surface area contributed by atoms with Crippen molar-refractivity contribution in [1.29, 1.82) is 0 Å². The first-order valence-corrected chi connectivity index (χ1v) is 15.5. The molecule has 226 valence electrons. The van der Waals surface area contributed by atoms with Crippen LogP contribution in [-0.4, -0.2) is 51.0 Å². The zero-order chi connectivity index (χ0) is 30.8. The van der Waals surface area contributed by atoms with Crippen LogP contribution in [0.25, 0.3) is 0 Å². The lowest BCUT2D eigenvalue weighted by molar-refractivity contribution is 0.0560. The first-order valence-electron chi connectivity index (χ1n) is 12.6. The predicted molar refractivity (Wildman–Crippen MR) is 161 cm³/mol. The number of carbonyl (C=O) groups is 2. The van der Waals surface area contributed by atoms with Gasteiger partial charge in [-0.25, -0.2) is 9.59 Å². The summed E-state index contributed by atoms with van der Waals surface area (Å²) in [4.78, 5) is 28.4. The average molecular weight is 721 g/mol. The molecule has 2 amide bonds. The minimum absolute atomic E-state index is 0.0393. The van der Waals surface area contributed by atoms with Crippen molar-refractivity contribution in [3.63, 3.8) is 0 Å². The standard InChI is InChI=1S/C27H35Br2N3O8S/c1-26(2,3)39-24(33)31-23(32-25(34)40-27(4,5)6)30-17-18-8-13-22(21(29)16-18)37-14-7-15-38-41(35,36)20-11-9-19(28)10-12-20/h8-13,16H,7,14-15,17H2,1-6H3,(H2,30,31,32,33,34). The minimum atomic E-state index is -3.85. The second-order valence-corrected chi connectivity index (χ2v) is 14.0. The molecule has 0 aliphatic heterocycles. The first-order chi connectivity index (χ1) is 18.9. The van der Waals surface area contributed by atoms with E-state index in [9.17, 15) is 18.0 Å². The molecule has 0 aliphatic rings. The van der Waals surface area contributed by atoms with Crippen molar-refractivity contribution in [3.05, 3.63) is 57.0 Å². The molecule has 14 heteroatoms. The number of guanidine groups is 1. The number of nitrogens with one attached hydrogen (secondary N) is 2. The van der Waals surface area contributed by atoms with E-state index in [0.717, 1.165) is 10.0 Å². The Labute approximate surface area is 257 Å². The van der Waals surface area contributed by atoms with E-state index in [-0.39, 0.29) is 30.6 Å². The van der Waals surface area contributed by atoms with Crippen molar-refractivity contribution < 1.29 is 36.4 Å². The molecular formula is C27H35Br2N3O8S. The van der Waals surface area contributed by atoms with Crippen LogP contribution in [0.15, 0.2) is 61.3 Å². The van der Waals surface area contributed by atoms with E-state index in [0.29, 0.717) is 16.6 Å². The van der Waals surface area contributed by atoms with Gasteiger partial charge in [-0.1, -0.05) is 22.0 Å². The lowest BCUT2D eigenvalue weighted by atomic mass is 10.2. The normalized spacial score (nSPS) is 12.4. The van der Waals surface area contributed by atoms with Gasteiger partial charge in [-0.05, 0) is 99.4 Å². The molecule has 2 aromatic rings. The first kappa shape index (κ1) is 34.5. The van der Waals surface area contributed by atoms with Gasteiger partial charge in [-0.15, -0.1) is 4.99 Å². The van der Waals surface area contributed by atoms with Gasteiger partial charge in [-0.3, -0.25) is 9.50 Å². The van der Waals surface area contributed by atoms with E-state index in [1.807, 2.05) is 0 Å². The molecule has 2 aromatic carbocycles. The zero-order valence-corrected chi connectivity index (χ0v) is 27.7. The number of alkyl carbamates (subject to hydrolysis) is 1. The van der Waals surface area contributed by atoms with E-state index in [1.165, 1.54) is 12.1 Å². The van der Waals surface area contributed by atoms with Gasteiger partial charge in [0, 0.05) is 17.4 Å². The summed E-state index contributed by atoms with van der Waals surface area (Å²) in [5.74, 6) is 0.405. The highest BCUT2D eigenvalue weighted by molar-refractivity contribution is 9.10. The van der Waals surface area contributed by atoms with Gasteiger partial charge >= 0.3 is 12.2 Å². The van der Waals surface area contributed by atoms with E-state index < -0.39 is 33.5 Å². The van der Waals surface area contributed by atoms with Crippen molar-refractivity contribution in [2.75, 3.05) is 13.2 Å². The summed E-state index contributed by atoms with van der Waals surface area (Å²) < 4.78 is 47.2. The van der Waals surface area contributed by atoms with Crippen LogP contribution in [0.2, 0.25) is 0 Å². The molecule has 0 saturated heterocycles. The summed E-state index contributed by atoms with van der Waals surface area (Å²) in [5, 5.41) is 5.34. The van der Waals surface area contributed by atoms with Crippen LogP contribution in [-0.2, 0) is 30.3 Å². The van der Waals surface area contributed by atoms with E-state index in [2.05, 4.69) is 47.5 Å². The third kappa shape index (κ3) is 13.7. The van der Waals surface area contributed by atoms with Crippen molar-refractivity contribution in [2.24, 2.45) is 4.99 Å². The highest BCUT2D eigenvalue weighted by Crippen LogP contribution is 2.26. The summed E-state index contributed by atoms with van der Waals surface area (Å²) in [7, 11) is -3.85. The van der Waals surface area contributed by atoms with Crippen molar-refractivity contribution in [1.82, 2.24) is 10.6 Å². The molecule has 2 N–H and O–H groups in total. The van der Waals surface area contributed by atoms with Gasteiger partial charge in [0.25, 0.3) is 10.1 Å². The Morgan fingerprint density at radius 2 is 1.54 bits per heavy atom. The Morgan fingerprint density at radius 3 is 2.12 bits per heavy atom. The molecule has 0 aromatic heterocycles. The smallest absolute Gasteiger partial charge is 0.437 e. The lowest BCUT2D eigenvalue weighted by Crippen LogP contribution is -2.44. The van der Waals surface area contributed by atoms with E-state index >= 15 is 0 Å². The molecule has 41 heavy (non-hydrogen) atoms. The number of benzene rings is 2. The lowest BCUT2D eigenvalue weighted by Gasteiger charge is -2.21. The fourth-order valence-corrected chi connectivity index (χ4v) is 4.67. The summed E-state index contributed by atoms with van der Waals surface area (Å²) in [5.41, 5.74) is -0.740. The number of aliphatic imine (C=N–C) groups is 1. The minimum Gasteiger partial charge on any atom is -0.492 e. The van der Waals surface area contributed by atoms with Crippen LogP contribution in [0, 0.1) is 0 Å². The molecule has 0 heterocycles. The van der Waals surface area contributed by atoms with Crippen LogP contribution < -0.4 is 15.4 Å². The van der Waals surface area contributed by atoms with Gasteiger partial charge in [0.05, 0.1) is 22.6 Å². The fourth-order valence-electron chi connectivity index (χ4n) is 2.92. The summed E-state index contributed by atoms with van der Waals surface area (Å²) in [6.45, 7) is 10.6. The number of ether oxygens (including phenoxy) is 3. The molecule has 0 spiro atoms. The monoisotopic (exact) mass is 719 g/mol. The number of hydrogen-bond acceptors (Lipinski definition) is 8. The largest absolute Gasteiger partial charge is 0.492 e. The van der Waals surface area contributed by atoms with Crippen LogP contribution in [0.4, 0.5) is 9.59 Å². The second kappa shape index (κ2) is 15.0. The topological polar surface area (TPSA) is 142 Å². The molecule has 2 rings (SSSR count). The van der Waals surface area contributed by atoms with Crippen molar-refractivity contribution in [2.45, 2.75) is 70.6 Å². The summed E-state index contributed by atoms with van der Waals surface area (Å²) >= 11 is 6.73. The maximum atomic E-state index is 12.3. The Morgan fingerprint density at radius 1 is 0.902 bits per heavy atom. The van der Waals surface area contributed by atoms with Gasteiger partial charge in [-0.2, -0.15) is 8.42 Å². The predicted octanol–water partition coefficient (Wildman–Crippen LogP) is 6.29. The van der Waals surface area contributed by atoms with Crippen molar-refractivity contribution >= 4 is 60.1 Å². The highest BCUT2D eigenvalue weighted by Gasteiger charge is 2.20. The van der Waals surface area contributed by atoms with Gasteiger partial charge in [0.2, 0.25) is 5.96 Å². The quantitative estimate of drug-likeness (QED) is 0.132. The molecular weight excluding hydrogens is 686 g/mol. The Balaban J connectivity index is 1.93. The Hall–Kier alpha value is -2.68. The molecule has 0 atom stereocenters. The zero-order valence-electron chi connectivity index (χ0n) is 23.7. The molecule has 11 nitrogen and oxygen atoms in total. The summed E-state index contributed by atoms with van der Waals surface area (Å²) in [6.07, 6.45) is -1.33. The number of halogens is 2. The SMILES string of the molecule is CC(C)(C)OC(=O)N=C(NCc1ccc(OCCCOS(=O)(=O)c2ccc(Br)cc2)c(Br)c1)NC(=O)OC(C)(C)C. The molecule has 0 radical (unpaired) electrons. The third-order valence-electron chi connectivity index (χ3n) is 4.56. The highest BCUT2D eigenvalue weighted by atomic mass is 79.9. The number of rotatable bonds is 9. The van der Waals surface area contributed by atoms with Gasteiger partial charge in [0.1, 0.15) is 17.0 Å². The average Bonchev–Trinajstić information content (AvgIpc) is 2.81. The number of amides is 2. The number of nitrogens with zero attached hydrogens (tertiary/aromatic N) is 1. The number of hydrogen-bond donors (Lipinski definition) is 2. The van der Waals surface area contributed by atoms with Crippen LogP contribution >= 0.6 is 31.9 Å². The maximum absolute atomic E-state index is 12.3. The van der Waals surface area contributed by atoms with Crippen molar-refractivity contribution in [3.8, 4) is 5.75 Å². The Bertz CT molecular complexity index is 1340. The van der Waals surface area contributed by atoms with Gasteiger partial charge in [0.15, 0.2) is 0 Å². The van der Waals surface area contributed by atoms with E-state index in [4.69, 9.17) is 18.4 Å². The molecule has 0 unspecified atom stereocenters. The van der Waals surface area contributed by atoms with Crippen LogP contribution in [0.5, 0.6) is 5.75 Å². The molecule has 0 fully saturated rings. The molecule has 0 bridgehead atoms. The summed E-state index contributed by atoms with van der Waals surface area (Å²) in [6, 6.07) is 11.5. The second-order valence-electron chi connectivity index (χ2n) is 10.6. The molecule has 0 aliphatic carbocycles. The fraction of sp³-hybridized carbons (Fsp3) is 0.444. The van der Waals surface area contributed by atoms with Crippen LogP contribution in [0.1, 0.15) is 53.5 Å². The van der Waals surface area contributed by atoms with Crippen LogP contribution in [0.3, 0.4) is 0 Å². The third-order valence-corrected chi connectivity index (χ3v) is 7.03.